The number of β-lactam (4-membered cyclic amide) rings is 1. The van der Waals surface area contributed by atoms with Gasteiger partial charge < -0.3 is 24.8 Å². The molecule has 0 saturated carbocycles. The lowest BCUT2D eigenvalue weighted by Crippen LogP contribution is -2.74. The van der Waals surface area contributed by atoms with Crippen molar-refractivity contribution in [2.75, 3.05) is 7.11 Å². The molecule has 2 aliphatic rings. The van der Waals surface area contributed by atoms with Gasteiger partial charge in [0.1, 0.15) is 28.9 Å². The summed E-state index contributed by atoms with van der Waals surface area (Å²) in [5, 5.41) is 15.1. The fourth-order valence-corrected chi connectivity index (χ4v) is 5.47. The molecule has 0 aromatic heterocycles. The van der Waals surface area contributed by atoms with Crippen LogP contribution in [-0.2, 0) is 25.5 Å². The Morgan fingerprint density at radius 1 is 1.11 bits per heavy atom. The number of rotatable bonds is 7. The van der Waals surface area contributed by atoms with Crippen LogP contribution in [0.15, 0.2) is 65.6 Å². The average molecular weight is 511 g/mol. The second-order valence-corrected chi connectivity index (χ2v) is 10.7. The normalized spacial score (nSPS) is 22.0. The zero-order valence-electron chi connectivity index (χ0n) is 20.6. The molecule has 3 unspecified atom stereocenters. The highest BCUT2D eigenvalue weighted by atomic mass is 32.2. The van der Waals surface area contributed by atoms with Crippen molar-refractivity contribution in [2.45, 2.75) is 56.4 Å². The number of hydrogen-bond donors (Lipinski definition) is 2. The molecule has 0 radical (unpaired) electrons. The van der Waals surface area contributed by atoms with E-state index in [0.29, 0.717) is 16.9 Å². The molecule has 4 rings (SSSR count). The third kappa shape index (κ3) is 5.42. The summed E-state index contributed by atoms with van der Waals surface area (Å²) in [6.07, 6.45) is -0.984. The van der Waals surface area contributed by atoms with E-state index in [2.05, 4.69) is 5.32 Å². The number of fused-ring (bicyclic) bond motifs is 1. The van der Waals surface area contributed by atoms with Gasteiger partial charge in [-0.15, -0.1) is 11.8 Å². The molecule has 36 heavy (non-hydrogen) atoms. The number of nitrogens with zero attached hydrogens (tertiary/aromatic N) is 1. The monoisotopic (exact) mass is 510 g/mol. The van der Waals surface area contributed by atoms with Crippen molar-refractivity contribution in [3.8, 4) is 5.75 Å². The van der Waals surface area contributed by atoms with E-state index in [1.54, 1.807) is 81.8 Å². The van der Waals surface area contributed by atoms with E-state index in [9.17, 15) is 19.5 Å². The number of carbonyl (C=O) groups is 3. The van der Waals surface area contributed by atoms with Crippen LogP contribution in [0.25, 0.3) is 0 Å². The summed E-state index contributed by atoms with van der Waals surface area (Å²) in [7, 11) is 1.57. The molecule has 9 heteroatoms. The standard InChI is InChI=1S/C27H30N2O6S/c1-27(2,3)35-26(33)22-19(23(31)17-8-6-5-7-9-17)15-36-25-21(24(32)29(22)25)28-20(30)14-16-10-12-18(34-4)13-11-16/h5-13,15,21-23,25,31H,14H2,1-4H3,(H,28,30)/t21?,22?,23?,25-/m0/s1. The van der Waals surface area contributed by atoms with Crippen LogP contribution in [0.5, 0.6) is 5.75 Å². The lowest BCUT2D eigenvalue weighted by molar-refractivity contribution is -0.170. The SMILES string of the molecule is COc1ccc(CC(=O)NC2C(=O)N3C(C(=O)OC(C)(C)C)C(C(O)c4ccccc4)=CS[C@@H]23)cc1. The Kier molecular flexibility index (Phi) is 7.42. The van der Waals surface area contributed by atoms with Gasteiger partial charge in [0.2, 0.25) is 11.8 Å². The third-order valence-corrected chi connectivity index (χ3v) is 7.11. The lowest BCUT2D eigenvalue weighted by Gasteiger charge is -2.52. The van der Waals surface area contributed by atoms with Crippen molar-refractivity contribution >= 4 is 29.5 Å². The van der Waals surface area contributed by atoms with E-state index in [1.165, 1.54) is 16.7 Å². The summed E-state index contributed by atoms with van der Waals surface area (Å²) >= 11 is 1.29. The number of benzene rings is 2. The summed E-state index contributed by atoms with van der Waals surface area (Å²) in [4.78, 5) is 40.5. The van der Waals surface area contributed by atoms with Gasteiger partial charge >= 0.3 is 5.97 Å². The molecule has 2 aromatic carbocycles. The van der Waals surface area contributed by atoms with Crippen molar-refractivity contribution < 1.29 is 29.0 Å². The molecule has 0 aliphatic carbocycles. The molecule has 1 fully saturated rings. The minimum absolute atomic E-state index is 0.106. The van der Waals surface area contributed by atoms with Gasteiger partial charge in [0.15, 0.2) is 6.04 Å². The van der Waals surface area contributed by atoms with Gasteiger partial charge in [-0.25, -0.2) is 4.79 Å². The topological polar surface area (TPSA) is 105 Å². The van der Waals surface area contributed by atoms with E-state index >= 15 is 0 Å². The first-order chi connectivity index (χ1) is 17.1. The molecule has 0 bridgehead atoms. The molecule has 190 valence electrons. The Bertz CT molecular complexity index is 1160. The number of amides is 2. The van der Waals surface area contributed by atoms with Gasteiger partial charge in [-0.3, -0.25) is 9.59 Å². The van der Waals surface area contributed by atoms with E-state index < -0.39 is 41.0 Å². The van der Waals surface area contributed by atoms with Gasteiger partial charge in [0.25, 0.3) is 0 Å². The Hall–Kier alpha value is -3.30. The van der Waals surface area contributed by atoms with E-state index in [-0.39, 0.29) is 12.3 Å². The predicted octanol–water partition coefficient (Wildman–Crippen LogP) is 2.97. The first kappa shape index (κ1) is 25.8. The van der Waals surface area contributed by atoms with Crippen LogP contribution in [-0.4, -0.2) is 58.0 Å². The summed E-state index contributed by atoms with van der Waals surface area (Å²) < 4.78 is 10.8. The molecule has 2 aliphatic heterocycles. The molecule has 0 spiro atoms. The largest absolute Gasteiger partial charge is 0.497 e. The molecular formula is C27H30N2O6S. The number of aliphatic hydroxyl groups is 1. The highest BCUT2D eigenvalue weighted by Gasteiger charge is 2.57. The first-order valence-electron chi connectivity index (χ1n) is 11.6. The van der Waals surface area contributed by atoms with Crippen molar-refractivity contribution in [2.24, 2.45) is 0 Å². The molecule has 1 saturated heterocycles. The highest BCUT2D eigenvalue weighted by molar-refractivity contribution is 8.03. The fourth-order valence-electron chi connectivity index (χ4n) is 4.21. The average Bonchev–Trinajstić information content (AvgIpc) is 2.85. The molecular weight excluding hydrogens is 480 g/mol. The Morgan fingerprint density at radius 2 is 1.78 bits per heavy atom. The number of nitrogens with one attached hydrogen (secondary N) is 1. The summed E-state index contributed by atoms with van der Waals surface area (Å²) in [6.45, 7) is 5.24. The van der Waals surface area contributed by atoms with Gasteiger partial charge in [-0.1, -0.05) is 42.5 Å². The number of hydrogen-bond acceptors (Lipinski definition) is 7. The zero-order chi connectivity index (χ0) is 26.0. The van der Waals surface area contributed by atoms with Gasteiger partial charge in [0, 0.05) is 5.57 Å². The Balaban J connectivity index is 1.53. The van der Waals surface area contributed by atoms with Crippen molar-refractivity contribution in [3.05, 3.63) is 76.7 Å². The van der Waals surface area contributed by atoms with Crippen molar-refractivity contribution in [3.63, 3.8) is 0 Å². The summed E-state index contributed by atoms with van der Waals surface area (Å²) in [5.74, 6) is -0.620. The summed E-state index contributed by atoms with van der Waals surface area (Å²) in [6, 6.07) is 14.2. The second kappa shape index (κ2) is 10.4. The van der Waals surface area contributed by atoms with E-state index in [1.807, 2.05) is 6.07 Å². The van der Waals surface area contributed by atoms with Crippen molar-refractivity contribution in [1.29, 1.82) is 0 Å². The molecule has 2 heterocycles. The van der Waals surface area contributed by atoms with Crippen LogP contribution in [0.1, 0.15) is 38.0 Å². The smallest absolute Gasteiger partial charge is 0.333 e. The maximum Gasteiger partial charge on any atom is 0.333 e. The third-order valence-electron chi connectivity index (χ3n) is 5.92. The lowest BCUT2D eigenvalue weighted by atomic mass is 9.91. The number of aliphatic hydroxyl groups excluding tert-OH is 1. The van der Waals surface area contributed by atoms with Crippen LogP contribution in [0.2, 0.25) is 0 Å². The van der Waals surface area contributed by atoms with Crippen LogP contribution in [0.3, 0.4) is 0 Å². The quantitative estimate of drug-likeness (QED) is 0.436. The minimum Gasteiger partial charge on any atom is -0.497 e. The molecule has 2 N–H and O–H groups in total. The van der Waals surface area contributed by atoms with Crippen LogP contribution >= 0.6 is 11.8 Å². The Morgan fingerprint density at radius 3 is 2.39 bits per heavy atom. The highest BCUT2D eigenvalue weighted by Crippen LogP contribution is 2.44. The maximum atomic E-state index is 13.2. The Labute approximate surface area is 214 Å². The van der Waals surface area contributed by atoms with E-state index in [0.717, 1.165) is 5.56 Å². The van der Waals surface area contributed by atoms with Crippen LogP contribution in [0, 0.1) is 0 Å². The maximum absolute atomic E-state index is 13.2. The van der Waals surface area contributed by atoms with E-state index in [4.69, 9.17) is 9.47 Å². The zero-order valence-corrected chi connectivity index (χ0v) is 21.5. The van der Waals surface area contributed by atoms with Crippen molar-refractivity contribution in [1.82, 2.24) is 10.2 Å². The van der Waals surface area contributed by atoms with Crippen LogP contribution < -0.4 is 10.1 Å². The molecule has 8 nitrogen and oxygen atoms in total. The number of ether oxygens (including phenoxy) is 2. The molecule has 2 aromatic rings. The first-order valence-corrected chi connectivity index (χ1v) is 12.6. The van der Waals surface area contributed by atoms with Gasteiger partial charge in [0.05, 0.1) is 13.5 Å². The number of esters is 1. The summed E-state index contributed by atoms with van der Waals surface area (Å²) in [5.41, 5.74) is 0.981. The fraction of sp³-hybridized carbons (Fsp3) is 0.370. The van der Waals surface area contributed by atoms with Gasteiger partial charge in [-0.05, 0) is 49.4 Å². The number of thioether (sulfide) groups is 1. The van der Waals surface area contributed by atoms with Gasteiger partial charge in [-0.2, -0.15) is 0 Å². The minimum atomic E-state index is -1.09. The van der Waals surface area contributed by atoms with Crippen LogP contribution in [0.4, 0.5) is 0 Å². The molecule has 2 amide bonds. The second-order valence-electron chi connectivity index (χ2n) is 9.71. The number of methoxy groups -OCH3 is 1. The number of carbonyl (C=O) groups excluding carboxylic acids is 3. The predicted molar refractivity (Wildman–Crippen MR) is 136 cm³/mol. The molecule has 4 atom stereocenters.